The predicted molar refractivity (Wildman–Crippen MR) is 61.5 cm³/mol. The predicted octanol–water partition coefficient (Wildman–Crippen LogP) is 0.617. The van der Waals surface area contributed by atoms with Crippen LogP contribution in [0.2, 0.25) is 0 Å². The molecule has 0 aliphatic carbocycles. The summed E-state index contributed by atoms with van der Waals surface area (Å²) in [7, 11) is 3.41. The monoisotopic (exact) mass is 241 g/mol. The third kappa shape index (κ3) is 2.87. The molecule has 1 aromatic heterocycles. The molecule has 1 aliphatic heterocycles. The highest BCUT2D eigenvalue weighted by Gasteiger charge is 2.33. The first-order valence-corrected chi connectivity index (χ1v) is 5.73. The average Bonchev–Trinajstić information content (AvgIpc) is 2.95. The van der Waals surface area contributed by atoms with Gasteiger partial charge in [-0.3, -0.25) is 4.90 Å². The molecular weight excluding hydrogens is 222 g/mol. The van der Waals surface area contributed by atoms with Crippen LogP contribution in [-0.2, 0) is 22.6 Å². The second-order valence-corrected chi connectivity index (χ2v) is 4.27. The van der Waals surface area contributed by atoms with Crippen molar-refractivity contribution in [1.82, 2.24) is 4.90 Å². The highest BCUT2D eigenvalue weighted by Crippen LogP contribution is 2.19. The smallest absolute Gasteiger partial charge is 0.129 e. The summed E-state index contributed by atoms with van der Waals surface area (Å²) in [5.74, 6) is 1.46. The maximum atomic E-state index is 8.92. The number of ether oxygens (including phenoxy) is 2. The van der Waals surface area contributed by atoms with Crippen molar-refractivity contribution in [1.29, 1.82) is 0 Å². The van der Waals surface area contributed by atoms with Gasteiger partial charge in [-0.05, 0) is 12.1 Å². The van der Waals surface area contributed by atoms with Gasteiger partial charge in [0, 0.05) is 27.3 Å². The lowest BCUT2D eigenvalue weighted by molar-refractivity contribution is -0.00461. The molecule has 0 spiro atoms. The Balaban J connectivity index is 1.92. The lowest BCUT2D eigenvalue weighted by atomic mass is 10.3. The van der Waals surface area contributed by atoms with E-state index in [-0.39, 0.29) is 18.8 Å². The van der Waals surface area contributed by atoms with Crippen molar-refractivity contribution in [2.24, 2.45) is 0 Å². The van der Waals surface area contributed by atoms with Crippen LogP contribution in [0.4, 0.5) is 0 Å². The molecule has 96 valence electrons. The SMILES string of the molecule is COC1CN(Cc2ccc(CO)o2)CC1OC. The van der Waals surface area contributed by atoms with Gasteiger partial charge in [-0.2, -0.15) is 0 Å². The average molecular weight is 241 g/mol. The summed E-state index contributed by atoms with van der Waals surface area (Å²) in [6, 6.07) is 3.69. The van der Waals surface area contributed by atoms with Crippen molar-refractivity contribution in [3.05, 3.63) is 23.7 Å². The summed E-state index contributed by atoms with van der Waals surface area (Å²) in [5.41, 5.74) is 0. The number of furan rings is 1. The molecule has 2 unspecified atom stereocenters. The van der Waals surface area contributed by atoms with Crippen LogP contribution < -0.4 is 0 Å². The minimum absolute atomic E-state index is 0.0542. The number of aliphatic hydroxyl groups excluding tert-OH is 1. The molecule has 2 heterocycles. The first-order chi connectivity index (χ1) is 8.26. The molecule has 17 heavy (non-hydrogen) atoms. The van der Waals surface area contributed by atoms with E-state index in [0.717, 1.165) is 25.4 Å². The fraction of sp³-hybridized carbons (Fsp3) is 0.667. The lowest BCUT2D eigenvalue weighted by Crippen LogP contribution is -2.27. The summed E-state index contributed by atoms with van der Waals surface area (Å²) in [6.07, 6.45) is 0.236. The molecule has 2 atom stereocenters. The van der Waals surface area contributed by atoms with E-state index in [1.807, 2.05) is 6.07 Å². The Kier molecular flexibility index (Phi) is 4.17. The van der Waals surface area contributed by atoms with Crippen molar-refractivity contribution in [2.75, 3.05) is 27.3 Å². The Bertz CT molecular complexity index is 340. The molecule has 1 fully saturated rings. The van der Waals surface area contributed by atoms with E-state index in [2.05, 4.69) is 4.90 Å². The van der Waals surface area contributed by atoms with Crippen LogP contribution in [-0.4, -0.2) is 49.5 Å². The first-order valence-electron chi connectivity index (χ1n) is 5.73. The van der Waals surface area contributed by atoms with Gasteiger partial charge >= 0.3 is 0 Å². The van der Waals surface area contributed by atoms with Crippen LogP contribution in [0.3, 0.4) is 0 Å². The first kappa shape index (κ1) is 12.6. The quantitative estimate of drug-likeness (QED) is 0.819. The molecule has 1 N–H and O–H groups in total. The van der Waals surface area contributed by atoms with Crippen LogP contribution in [0, 0.1) is 0 Å². The molecule has 0 radical (unpaired) electrons. The van der Waals surface area contributed by atoms with E-state index in [0.29, 0.717) is 5.76 Å². The maximum Gasteiger partial charge on any atom is 0.129 e. The van der Waals surface area contributed by atoms with Crippen LogP contribution in [0.1, 0.15) is 11.5 Å². The van der Waals surface area contributed by atoms with Gasteiger partial charge in [-0.1, -0.05) is 0 Å². The Labute approximate surface area is 101 Å². The molecule has 0 amide bonds. The minimum Gasteiger partial charge on any atom is -0.462 e. The highest BCUT2D eigenvalue weighted by atomic mass is 16.5. The standard InChI is InChI=1S/C12H19NO4/c1-15-11-6-13(7-12(11)16-2)5-9-3-4-10(8-14)17-9/h3-4,11-12,14H,5-8H2,1-2H3. The number of nitrogens with zero attached hydrogens (tertiary/aromatic N) is 1. The van der Waals surface area contributed by atoms with Crippen LogP contribution in [0.5, 0.6) is 0 Å². The number of hydrogen-bond acceptors (Lipinski definition) is 5. The topological polar surface area (TPSA) is 55.1 Å². The van der Waals surface area contributed by atoms with Crippen molar-refractivity contribution in [3.8, 4) is 0 Å². The van der Waals surface area contributed by atoms with E-state index < -0.39 is 0 Å². The second-order valence-electron chi connectivity index (χ2n) is 4.27. The van der Waals surface area contributed by atoms with E-state index in [1.165, 1.54) is 0 Å². The summed E-state index contributed by atoms with van der Waals surface area (Å²) < 4.78 is 16.2. The Morgan fingerprint density at radius 2 is 1.82 bits per heavy atom. The Hall–Kier alpha value is -0.880. The van der Waals surface area contributed by atoms with Gasteiger partial charge in [0.2, 0.25) is 0 Å². The van der Waals surface area contributed by atoms with Gasteiger partial charge in [-0.25, -0.2) is 0 Å². The zero-order valence-corrected chi connectivity index (χ0v) is 10.3. The van der Waals surface area contributed by atoms with Gasteiger partial charge in [0.15, 0.2) is 0 Å². The van der Waals surface area contributed by atoms with Crippen LogP contribution >= 0.6 is 0 Å². The van der Waals surface area contributed by atoms with Gasteiger partial charge in [0.05, 0.1) is 18.8 Å². The molecule has 0 bridgehead atoms. The summed E-state index contributed by atoms with van der Waals surface area (Å²) >= 11 is 0. The normalized spacial score (nSPS) is 25.6. The van der Waals surface area contributed by atoms with E-state index >= 15 is 0 Å². The van der Waals surface area contributed by atoms with E-state index in [4.69, 9.17) is 19.0 Å². The molecule has 0 aromatic carbocycles. The third-order valence-electron chi connectivity index (χ3n) is 3.15. The van der Waals surface area contributed by atoms with Gasteiger partial charge in [0.1, 0.15) is 18.1 Å². The second kappa shape index (κ2) is 5.64. The van der Waals surface area contributed by atoms with Gasteiger partial charge in [-0.15, -0.1) is 0 Å². The summed E-state index contributed by atoms with van der Waals surface area (Å²) in [6.45, 7) is 2.34. The van der Waals surface area contributed by atoms with E-state index in [1.54, 1.807) is 20.3 Å². The number of hydrogen-bond donors (Lipinski definition) is 1. The van der Waals surface area contributed by atoms with Crippen molar-refractivity contribution < 1.29 is 19.0 Å². The van der Waals surface area contributed by atoms with Crippen LogP contribution in [0.25, 0.3) is 0 Å². The molecule has 2 rings (SSSR count). The van der Waals surface area contributed by atoms with Gasteiger partial charge in [0.25, 0.3) is 0 Å². The number of methoxy groups -OCH3 is 2. The van der Waals surface area contributed by atoms with Crippen molar-refractivity contribution in [2.45, 2.75) is 25.4 Å². The fourth-order valence-corrected chi connectivity index (χ4v) is 2.21. The molecule has 1 aliphatic rings. The number of aliphatic hydroxyl groups is 1. The zero-order valence-electron chi connectivity index (χ0n) is 10.3. The van der Waals surface area contributed by atoms with Crippen molar-refractivity contribution >= 4 is 0 Å². The molecular formula is C12H19NO4. The van der Waals surface area contributed by atoms with Crippen LogP contribution in [0.15, 0.2) is 16.5 Å². The van der Waals surface area contributed by atoms with Crippen molar-refractivity contribution in [3.63, 3.8) is 0 Å². The number of rotatable bonds is 5. The molecule has 5 nitrogen and oxygen atoms in total. The Morgan fingerprint density at radius 3 is 2.29 bits per heavy atom. The molecule has 1 aromatic rings. The van der Waals surface area contributed by atoms with Gasteiger partial charge < -0.3 is 19.0 Å². The number of likely N-dealkylation sites (tertiary alicyclic amines) is 1. The minimum atomic E-state index is -0.0542. The largest absolute Gasteiger partial charge is 0.462 e. The van der Waals surface area contributed by atoms with E-state index in [9.17, 15) is 0 Å². The molecule has 5 heteroatoms. The highest BCUT2D eigenvalue weighted by molar-refractivity contribution is 5.06. The zero-order chi connectivity index (χ0) is 12.3. The summed E-state index contributed by atoms with van der Waals surface area (Å²) in [5, 5.41) is 8.92. The fourth-order valence-electron chi connectivity index (χ4n) is 2.21. The molecule has 0 saturated carbocycles. The summed E-state index contributed by atoms with van der Waals surface area (Å²) in [4.78, 5) is 2.22. The Morgan fingerprint density at radius 1 is 1.24 bits per heavy atom. The molecule has 1 saturated heterocycles. The third-order valence-corrected chi connectivity index (χ3v) is 3.15. The maximum absolute atomic E-state index is 8.92. The lowest BCUT2D eigenvalue weighted by Gasteiger charge is -2.13.